The largest absolute Gasteiger partial charge is 0.353 e. The first-order valence-electron chi connectivity index (χ1n) is 31.9. The number of nitrogens with zero attached hydrogens (tertiary/aromatic N) is 10. The fourth-order valence-corrected chi connectivity index (χ4v) is 9.06. The molecule has 0 saturated carbocycles. The first-order valence-corrected chi connectivity index (χ1v) is 31.9. The third-order valence-electron chi connectivity index (χ3n) is 14.7. The van der Waals surface area contributed by atoms with E-state index in [1.807, 2.05) is 0 Å². The molecule has 3 atom stereocenters. The lowest BCUT2D eigenvalue weighted by Gasteiger charge is -2.24. The van der Waals surface area contributed by atoms with Gasteiger partial charge in [-0.2, -0.15) is 0 Å². The summed E-state index contributed by atoms with van der Waals surface area (Å²) in [7, 11) is 0. The first-order chi connectivity index (χ1) is 48.0. The predicted octanol–water partition coefficient (Wildman–Crippen LogP) is -0.194. The van der Waals surface area contributed by atoms with Gasteiger partial charge >= 0.3 is 0 Å². The Morgan fingerprint density at radius 3 is 0.840 bits per heavy atom. The Morgan fingerprint density at radius 2 is 0.600 bits per heavy atom. The normalized spacial score (nSPS) is 11.7. The van der Waals surface area contributed by atoms with Crippen molar-refractivity contribution >= 4 is 70.9 Å². The minimum absolute atomic E-state index is 0.0137. The SMILES string of the molecule is C[C@H](NC(=O)CCN(O)C(=O)CCNC(=O)c1ccc(-c2ccccn2)nc1)C(=O)NCCN(CCNC(=O)[C@H](C)NC(=O)CCN(O)C(=O)CCNC(=O)c1ccc(-c2ccccn2)nc1)CCNC(=O)[C@H](C)NC(=O)CCN(O)C(=O)CCNC(=O)c1ccc(-c2ccccn2)nc1. The van der Waals surface area contributed by atoms with Gasteiger partial charge in [0.25, 0.3) is 17.7 Å². The summed E-state index contributed by atoms with van der Waals surface area (Å²) in [6.45, 7) is 2.87. The first kappa shape index (κ1) is 77.4. The molecule has 100 heavy (non-hydrogen) atoms. The van der Waals surface area contributed by atoms with E-state index in [9.17, 15) is 73.2 Å². The van der Waals surface area contributed by atoms with Crippen LogP contribution in [0.3, 0.4) is 0 Å². The van der Waals surface area contributed by atoms with Crippen LogP contribution in [0.4, 0.5) is 0 Å². The number of pyridine rings is 6. The van der Waals surface area contributed by atoms with Gasteiger partial charge in [0.05, 0.1) is 70.5 Å². The number of carbonyl (C=O) groups is 12. The number of carbonyl (C=O) groups excluding carboxylic acids is 12. The summed E-state index contributed by atoms with van der Waals surface area (Å²) in [4.78, 5) is 181. The third-order valence-corrected chi connectivity index (χ3v) is 14.7. The van der Waals surface area contributed by atoms with Crippen molar-refractivity contribution in [3.63, 3.8) is 0 Å². The molecule has 0 aliphatic carbocycles. The zero-order valence-electron chi connectivity index (χ0n) is 55.3. The van der Waals surface area contributed by atoms with Gasteiger partial charge in [-0.05, 0) is 93.6 Å². The molecule has 34 heteroatoms. The van der Waals surface area contributed by atoms with Crippen molar-refractivity contribution in [2.45, 2.75) is 77.4 Å². The lowest BCUT2D eigenvalue weighted by atomic mass is 10.2. The van der Waals surface area contributed by atoms with E-state index in [0.29, 0.717) is 49.4 Å². The van der Waals surface area contributed by atoms with Gasteiger partial charge in [0.15, 0.2) is 0 Å². The molecular formula is C66H81N19O15. The molecule has 0 fully saturated rings. The highest BCUT2D eigenvalue weighted by molar-refractivity contribution is 5.96. The van der Waals surface area contributed by atoms with E-state index < -0.39 is 109 Å². The fourth-order valence-electron chi connectivity index (χ4n) is 9.06. The molecule has 6 aromatic rings. The Bertz CT molecular complexity index is 3330. The molecule has 0 radical (unpaired) electrons. The van der Waals surface area contributed by atoms with Crippen LogP contribution in [0.25, 0.3) is 34.2 Å². The smallest absolute Gasteiger partial charge is 0.252 e. The van der Waals surface area contributed by atoms with E-state index in [-0.39, 0.29) is 114 Å². The summed E-state index contributed by atoms with van der Waals surface area (Å²) in [5, 5.41) is 55.2. The van der Waals surface area contributed by atoms with E-state index in [0.717, 1.165) is 0 Å². The van der Waals surface area contributed by atoms with E-state index in [4.69, 9.17) is 0 Å². The van der Waals surface area contributed by atoms with Crippen LogP contribution in [0.1, 0.15) is 90.4 Å². The zero-order chi connectivity index (χ0) is 72.3. The topological polar surface area (TPSA) is 464 Å². The van der Waals surface area contributed by atoms with Crippen molar-refractivity contribution in [1.82, 2.24) is 97.8 Å². The monoisotopic (exact) mass is 1380 g/mol. The second kappa shape index (κ2) is 40.8. The molecule has 12 N–H and O–H groups in total. The van der Waals surface area contributed by atoms with Crippen LogP contribution in [0.2, 0.25) is 0 Å². The number of hydrogen-bond donors (Lipinski definition) is 12. The van der Waals surface area contributed by atoms with Gasteiger partial charge in [-0.15, -0.1) is 0 Å². The van der Waals surface area contributed by atoms with Crippen molar-refractivity contribution < 1.29 is 73.2 Å². The average Bonchev–Trinajstić information content (AvgIpc) is 0.884. The third kappa shape index (κ3) is 26.8. The van der Waals surface area contributed by atoms with Gasteiger partial charge in [0, 0.05) is 135 Å². The standard InChI is InChI=1S/C66H81N19O15/c1-43(79-55(86)22-34-83(98)58(89)19-28-70-64(95)46-13-16-52(76-40-46)49-10-4-7-25-67-49)61(92)73-31-37-82(38-32-74-62(93)44(2)80-56(87)23-35-84(99)59(90)20-29-71-65(96)47-14-17-53(77-41-47)50-11-5-8-26-68-50)39-33-75-63(94)45(3)81-57(88)24-36-85(100)60(91)21-30-72-66(97)48-15-18-54(78-42-48)51-12-6-9-27-69-51/h4-18,25-27,40-45,98-100H,19-24,28-39H2,1-3H3,(H,70,95)(H,71,96)(H,72,97)(H,73,92)(H,74,93)(H,75,94)(H,79,86)(H,80,87)(H,81,88)/t43-,44-,45-/m0/s1. The Kier molecular flexibility index (Phi) is 31.6. The summed E-state index contributed by atoms with van der Waals surface area (Å²) in [6, 6.07) is 22.3. The lowest BCUT2D eigenvalue weighted by molar-refractivity contribution is -0.166. The van der Waals surface area contributed by atoms with Crippen molar-refractivity contribution in [1.29, 1.82) is 0 Å². The van der Waals surface area contributed by atoms with E-state index in [2.05, 4.69) is 77.8 Å². The zero-order valence-corrected chi connectivity index (χ0v) is 55.3. The van der Waals surface area contributed by atoms with Gasteiger partial charge in [0.2, 0.25) is 53.2 Å². The molecule has 6 aromatic heterocycles. The Balaban J connectivity index is 0.897. The van der Waals surface area contributed by atoms with Crippen LogP contribution in [0, 0.1) is 0 Å². The van der Waals surface area contributed by atoms with E-state index in [1.54, 1.807) is 114 Å². The number of nitrogens with one attached hydrogen (secondary N) is 9. The van der Waals surface area contributed by atoms with Crippen LogP contribution in [0.15, 0.2) is 128 Å². The minimum Gasteiger partial charge on any atom is -0.353 e. The van der Waals surface area contributed by atoms with Crippen LogP contribution in [0.5, 0.6) is 0 Å². The summed E-state index contributed by atoms with van der Waals surface area (Å²) in [5.74, 6) is -7.69. The minimum atomic E-state index is -1.08. The molecule has 0 aromatic carbocycles. The lowest BCUT2D eigenvalue weighted by Crippen LogP contribution is -2.50. The number of rotatable bonds is 39. The van der Waals surface area contributed by atoms with Crippen LogP contribution < -0.4 is 47.9 Å². The van der Waals surface area contributed by atoms with Crippen LogP contribution in [-0.4, -0.2) is 233 Å². The average molecular weight is 1380 g/mol. The number of hydrogen-bond acceptors (Lipinski definition) is 22. The molecule has 0 aliphatic rings. The highest BCUT2D eigenvalue weighted by Gasteiger charge is 2.23. The quantitative estimate of drug-likeness (QED) is 0.0176. The molecule has 6 heterocycles. The molecule has 6 rings (SSSR count). The molecule has 530 valence electrons. The molecule has 0 unspecified atom stereocenters. The number of amides is 12. The molecule has 0 bridgehead atoms. The van der Waals surface area contributed by atoms with Gasteiger partial charge in [-0.3, -0.25) is 108 Å². The van der Waals surface area contributed by atoms with Gasteiger partial charge in [0.1, 0.15) is 18.1 Å². The van der Waals surface area contributed by atoms with Crippen LogP contribution in [-0.2, 0) is 43.2 Å². The molecule has 0 saturated heterocycles. The van der Waals surface area contributed by atoms with Gasteiger partial charge in [-0.25, -0.2) is 15.2 Å². The van der Waals surface area contributed by atoms with Crippen LogP contribution >= 0.6 is 0 Å². The Labute approximate surface area is 574 Å². The Morgan fingerprint density at radius 1 is 0.330 bits per heavy atom. The summed E-state index contributed by atoms with van der Waals surface area (Å²) in [5.41, 5.74) is 4.24. The van der Waals surface area contributed by atoms with Crippen molar-refractivity contribution in [2.75, 3.05) is 78.5 Å². The van der Waals surface area contributed by atoms with Crippen molar-refractivity contribution in [3.8, 4) is 34.2 Å². The summed E-state index contributed by atoms with van der Waals surface area (Å²) in [6.07, 6.45) is 6.90. The predicted molar refractivity (Wildman–Crippen MR) is 356 cm³/mol. The molecule has 0 aliphatic heterocycles. The summed E-state index contributed by atoms with van der Waals surface area (Å²) >= 11 is 0. The van der Waals surface area contributed by atoms with Gasteiger partial charge < -0.3 is 47.9 Å². The second-order valence-corrected chi connectivity index (χ2v) is 22.3. The van der Waals surface area contributed by atoms with E-state index >= 15 is 0 Å². The number of aromatic nitrogens is 6. The maximum Gasteiger partial charge on any atom is 0.252 e. The molecule has 0 spiro atoms. The second-order valence-electron chi connectivity index (χ2n) is 22.3. The highest BCUT2D eigenvalue weighted by Crippen LogP contribution is 2.16. The van der Waals surface area contributed by atoms with Gasteiger partial charge in [-0.1, -0.05) is 18.2 Å². The summed E-state index contributed by atoms with van der Waals surface area (Å²) < 4.78 is 0. The molecule has 34 nitrogen and oxygen atoms in total. The fraction of sp³-hybridized carbons (Fsp3) is 0.364. The molecule has 12 amide bonds. The van der Waals surface area contributed by atoms with Crippen molar-refractivity contribution in [3.05, 3.63) is 145 Å². The highest BCUT2D eigenvalue weighted by atomic mass is 16.5. The molecular weight excluding hydrogens is 1300 g/mol. The maximum atomic E-state index is 13.1. The van der Waals surface area contributed by atoms with E-state index in [1.165, 1.54) is 39.4 Å². The van der Waals surface area contributed by atoms with Crippen molar-refractivity contribution in [2.24, 2.45) is 0 Å². The number of hydroxylamine groups is 6. The maximum absolute atomic E-state index is 13.1. The Hall–Kier alpha value is -11.6.